The zero-order valence-corrected chi connectivity index (χ0v) is 21.8. The Morgan fingerprint density at radius 3 is 1.78 bits per heavy atom. The number of allylic oxidation sites excluding steroid dienone is 2. The van der Waals surface area contributed by atoms with Crippen LogP contribution in [-0.4, -0.2) is 5.71 Å². The van der Waals surface area contributed by atoms with Crippen molar-refractivity contribution in [2.45, 2.75) is 81.6 Å². The molecule has 2 heteroatoms. The van der Waals surface area contributed by atoms with Crippen LogP contribution in [-0.2, 0) is 19.3 Å². The first-order valence-corrected chi connectivity index (χ1v) is 12.3. The monoisotopic (exact) mass is 432 g/mol. The van der Waals surface area contributed by atoms with Gasteiger partial charge < -0.3 is 5.32 Å². The van der Waals surface area contributed by atoms with Gasteiger partial charge in [0, 0.05) is 17.1 Å². The zero-order chi connectivity index (χ0) is 23.8. The Kier molecular flexibility index (Phi) is 9.75. The average molecular weight is 433 g/mol. The second kappa shape index (κ2) is 12.0. The number of rotatable bonds is 10. The summed E-state index contributed by atoms with van der Waals surface area (Å²) >= 11 is 0. The number of hydrogen-bond donors (Lipinski definition) is 1. The molecule has 0 bridgehead atoms. The molecule has 0 aliphatic carbocycles. The highest BCUT2D eigenvalue weighted by molar-refractivity contribution is 5.96. The van der Waals surface area contributed by atoms with Gasteiger partial charge in [0.15, 0.2) is 0 Å². The number of anilines is 1. The molecule has 0 radical (unpaired) electrons. The predicted octanol–water partition coefficient (Wildman–Crippen LogP) is 8.70. The van der Waals surface area contributed by atoms with Gasteiger partial charge in [-0.1, -0.05) is 77.9 Å². The smallest absolute Gasteiger partial charge is 0.0696 e. The van der Waals surface area contributed by atoms with Gasteiger partial charge in [0.1, 0.15) is 0 Å². The maximum absolute atomic E-state index is 5.14. The van der Waals surface area contributed by atoms with Crippen LogP contribution in [0.2, 0.25) is 0 Å². The summed E-state index contributed by atoms with van der Waals surface area (Å²) in [6.07, 6.45) is 5.37. The average Bonchev–Trinajstić information content (AvgIpc) is 2.65. The summed E-state index contributed by atoms with van der Waals surface area (Å²) in [6.45, 7) is 20.1. The van der Waals surface area contributed by atoms with Gasteiger partial charge in [-0.25, -0.2) is 0 Å². The number of aryl methyl sites for hydroxylation is 1. The molecule has 174 valence electrons. The molecule has 0 saturated carbocycles. The quantitative estimate of drug-likeness (QED) is 0.373. The summed E-state index contributed by atoms with van der Waals surface area (Å²) in [7, 11) is 0. The van der Waals surface area contributed by atoms with E-state index in [2.05, 4.69) is 110 Å². The molecule has 0 atom stereocenters. The van der Waals surface area contributed by atoms with Gasteiger partial charge in [-0.05, 0) is 86.1 Å². The van der Waals surface area contributed by atoms with Crippen LogP contribution in [0.5, 0.6) is 0 Å². The molecule has 0 aliphatic rings. The molecule has 32 heavy (non-hydrogen) atoms. The number of benzene rings is 2. The Hall–Kier alpha value is -2.35. The predicted molar refractivity (Wildman–Crippen MR) is 143 cm³/mol. The number of nitrogens with zero attached hydrogens (tertiary/aromatic N) is 1. The lowest BCUT2D eigenvalue weighted by atomic mass is 9.94. The van der Waals surface area contributed by atoms with E-state index in [-0.39, 0.29) is 0 Å². The van der Waals surface area contributed by atoms with E-state index in [1.165, 1.54) is 33.6 Å². The molecule has 0 heterocycles. The Morgan fingerprint density at radius 2 is 1.25 bits per heavy atom. The molecule has 2 nitrogen and oxygen atoms in total. The largest absolute Gasteiger partial charge is 0.359 e. The van der Waals surface area contributed by atoms with E-state index >= 15 is 0 Å². The lowest BCUT2D eigenvalue weighted by Crippen LogP contribution is -2.06. The topological polar surface area (TPSA) is 24.4 Å². The Bertz CT molecular complexity index is 917. The molecule has 2 aromatic carbocycles. The van der Waals surface area contributed by atoms with Crippen molar-refractivity contribution in [3.8, 4) is 0 Å². The number of nitrogens with one attached hydrogen (secondary N) is 1. The molecule has 0 aromatic heterocycles. The van der Waals surface area contributed by atoms with Crippen LogP contribution in [0.1, 0.15) is 77.6 Å². The minimum atomic E-state index is 0.609. The first-order valence-electron chi connectivity index (χ1n) is 12.3. The molecular formula is C30H44N2. The second-order valence-electron chi connectivity index (χ2n) is 10.5. The molecule has 0 aliphatic heterocycles. The van der Waals surface area contributed by atoms with Crippen molar-refractivity contribution in [2.24, 2.45) is 22.7 Å². The van der Waals surface area contributed by atoms with Gasteiger partial charge in [0.05, 0.1) is 5.69 Å². The van der Waals surface area contributed by atoms with Crippen molar-refractivity contribution in [2.75, 3.05) is 5.32 Å². The van der Waals surface area contributed by atoms with Gasteiger partial charge in [0.25, 0.3) is 0 Å². The van der Waals surface area contributed by atoms with E-state index in [1.807, 2.05) is 0 Å². The molecule has 0 fully saturated rings. The van der Waals surface area contributed by atoms with Crippen molar-refractivity contribution in [1.82, 2.24) is 0 Å². The van der Waals surface area contributed by atoms with Crippen LogP contribution >= 0.6 is 0 Å². The first-order chi connectivity index (χ1) is 15.1. The number of para-hydroxylation sites is 2. The zero-order valence-electron chi connectivity index (χ0n) is 21.8. The molecule has 0 spiro atoms. The lowest BCUT2D eigenvalue weighted by Gasteiger charge is -2.17. The Balaban J connectivity index is 2.38. The summed E-state index contributed by atoms with van der Waals surface area (Å²) in [5.74, 6) is 1.85. The van der Waals surface area contributed by atoms with Crippen molar-refractivity contribution in [3.63, 3.8) is 0 Å². The molecule has 0 saturated heterocycles. The second-order valence-corrected chi connectivity index (χ2v) is 10.5. The summed E-state index contributed by atoms with van der Waals surface area (Å²) in [5, 5.41) is 3.67. The minimum Gasteiger partial charge on any atom is -0.359 e. The van der Waals surface area contributed by atoms with E-state index in [0.29, 0.717) is 17.8 Å². The first kappa shape index (κ1) is 25.9. The fourth-order valence-electron chi connectivity index (χ4n) is 4.27. The van der Waals surface area contributed by atoms with Crippen molar-refractivity contribution < 1.29 is 0 Å². The van der Waals surface area contributed by atoms with Crippen LogP contribution in [0.25, 0.3) is 0 Å². The summed E-state index contributed by atoms with van der Waals surface area (Å²) in [6, 6.07) is 13.3. The normalized spacial score (nSPS) is 12.9. The van der Waals surface area contributed by atoms with Gasteiger partial charge in [0.2, 0.25) is 0 Å². The third-order valence-electron chi connectivity index (χ3n) is 5.48. The fourth-order valence-corrected chi connectivity index (χ4v) is 4.27. The van der Waals surface area contributed by atoms with Gasteiger partial charge in [-0.3, -0.25) is 4.99 Å². The highest BCUT2D eigenvalue weighted by atomic mass is 14.9. The van der Waals surface area contributed by atoms with Crippen LogP contribution in [0, 0.1) is 24.7 Å². The van der Waals surface area contributed by atoms with Crippen LogP contribution in [0.3, 0.4) is 0 Å². The van der Waals surface area contributed by atoms with Crippen LogP contribution in [0.4, 0.5) is 11.4 Å². The third kappa shape index (κ3) is 7.97. The van der Waals surface area contributed by atoms with Crippen molar-refractivity contribution in [3.05, 3.63) is 70.4 Å². The molecule has 0 amide bonds. The number of hydrogen-bond acceptors (Lipinski definition) is 2. The van der Waals surface area contributed by atoms with Crippen molar-refractivity contribution >= 4 is 17.1 Å². The van der Waals surface area contributed by atoms with E-state index in [9.17, 15) is 0 Å². The number of aliphatic imine (C=N–C) groups is 1. The minimum absolute atomic E-state index is 0.609. The molecule has 0 unspecified atom stereocenters. The van der Waals surface area contributed by atoms with Gasteiger partial charge >= 0.3 is 0 Å². The molecule has 2 rings (SSSR count). The van der Waals surface area contributed by atoms with Crippen molar-refractivity contribution in [1.29, 1.82) is 0 Å². The SMILES string of the molecule is C/C(=C/C(C)=N/c1c(CC(C)C)cccc1CC(C)C)Nc1c(C)cccc1CC(C)C. The van der Waals surface area contributed by atoms with E-state index in [1.54, 1.807) is 0 Å². The van der Waals surface area contributed by atoms with E-state index in [4.69, 9.17) is 4.99 Å². The van der Waals surface area contributed by atoms with Crippen LogP contribution < -0.4 is 5.32 Å². The highest BCUT2D eigenvalue weighted by Gasteiger charge is 2.12. The third-order valence-corrected chi connectivity index (χ3v) is 5.48. The van der Waals surface area contributed by atoms with Gasteiger partial charge in [-0.15, -0.1) is 0 Å². The highest BCUT2D eigenvalue weighted by Crippen LogP contribution is 2.30. The Morgan fingerprint density at radius 1 is 0.781 bits per heavy atom. The van der Waals surface area contributed by atoms with Crippen LogP contribution in [0.15, 0.2) is 53.2 Å². The fraction of sp³-hybridized carbons (Fsp3) is 0.500. The standard InChI is InChI=1S/C30H44N2/c1-20(2)16-26-13-10-12-23(7)29(26)31-24(8)19-25(9)32-30-27(17-21(3)4)14-11-15-28(30)18-22(5)6/h10-15,19-22,31H,16-18H2,1-9H3/b24-19-,32-25+. The Labute approximate surface area is 197 Å². The summed E-state index contributed by atoms with van der Waals surface area (Å²) in [5.41, 5.74) is 9.95. The lowest BCUT2D eigenvalue weighted by molar-refractivity contribution is 0.637. The van der Waals surface area contributed by atoms with E-state index < -0.39 is 0 Å². The maximum atomic E-state index is 5.14. The molecule has 2 aromatic rings. The molecule has 1 N–H and O–H groups in total. The summed E-state index contributed by atoms with van der Waals surface area (Å²) in [4.78, 5) is 5.14. The maximum Gasteiger partial charge on any atom is 0.0696 e. The molecular weight excluding hydrogens is 388 g/mol. The van der Waals surface area contributed by atoms with Gasteiger partial charge in [-0.2, -0.15) is 0 Å². The summed E-state index contributed by atoms with van der Waals surface area (Å²) < 4.78 is 0. The van der Waals surface area contributed by atoms with E-state index in [0.717, 1.165) is 30.7 Å².